The van der Waals surface area contributed by atoms with Gasteiger partial charge in [-0.05, 0) is 58.5 Å². The number of nitrogens with one attached hydrogen (secondary N) is 4. The van der Waals surface area contributed by atoms with Crippen LogP contribution in [0.5, 0.6) is 0 Å². The first kappa shape index (κ1) is 29.3. The highest BCUT2D eigenvalue weighted by Gasteiger charge is 2.08. The van der Waals surface area contributed by atoms with Crippen LogP contribution in [0.1, 0.15) is 47.0 Å². The molecule has 0 fully saturated rings. The average molecular weight is 488 g/mol. The van der Waals surface area contributed by atoms with E-state index in [2.05, 4.69) is 73.1 Å². The quantitative estimate of drug-likeness (QED) is 0.201. The van der Waals surface area contributed by atoms with Crippen molar-refractivity contribution in [3.05, 3.63) is 0 Å². The van der Waals surface area contributed by atoms with E-state index in [1.54, 1.807) is 0 Å². The molecule has 0 atom stereocenters. The molecule has 1 heterocycles. The van der Waals surface area contributed by atoms with E-state index >= 15 is 0 Å². The summed E-state index contributed by atoms with van der Waals surface area (Å²) in [5.41, 5.74) is 0. The van der Waals surface area contributed by atoms with Gasteiger partial charge in [0.05, 0.1) is 6.26 Å². The van der Waals surface area contributed by atoms with Gasteiger partial charge >= 0.3 is 0 Å². The Morgan fingerprint density at radius 1 is 0.636 bits per heavy atom. The van der Waals surface area contributed by atoms with E-state index < -0.39 is 10.0 Å². The molecule has 0 aromatic carbocycles. The van der Waals surface area contributed by atoms with Gasteiger partial charge in [0, 0.05) is 26.2 Å². The lowest BCUT2D eigenvalue weighted by Gasteiger charge is -2.18. The van der Waals surface area contributed by atoms with Crippen molar-refractivity contribution in [3.63, 3.8) is 0 Å². The lowest BCUT2D eigenvalue weighted by molar-refractivity contribution is 0.303. The molecule has 0 amide bonds. The molecule has 1 rings (SSSR count). The summed E-state index contributed by atoms with van der Waals surface area (Å²) < 4.78 is 24.8. The first-order chi connectivity index (χ1) is 15.8. The molecule has 11 nitrogen and oxygen atoms in total. The van der Waals surface area contributed by atoms with Gasteiger partial charge in [-0.1, -0.05) is 27.7 Å². The largest absolute Gasteiger partial charge is 0.354 e. The van der Waals surface area contributed by atoms with Gasteiger partial charge in [0.2, 0.25) is 27.9 Å². The Hall–Kier alpha value is -1.76. The molecular weight excluding hydrogens is 442 g/mol. The zero-order chi connectivity index (χ0) is 24.5. The van der Waals surface area contributed by atoms with Crippen LogP contribution in [-0.2, 0) is 10.0 Å². The van der Waals surface area contributed by atoms with E-state index in [0.717, 1.165) is 71.5 Å². The monoisotopic (exact) mass is 487 g/mol. The highest BCUT2D eigenvalue weighted by Crippen LogP contribution is 2.10. The molecule has 0 aliphatic carbocycles. The summed E-state index contributed by atoms with van der Waals surface area (Å²) in [5.74, 6) is 1.54. The van der Waals surface area contributed by atoms with Gasteiger partial charge in [-0.2, -0.15) is 15.0 Å². The van der Waals surface area contributed by atoms with E-state index in [0.29, 0.717) is 37.4 Å². The third-order valence-corrected chi connectivity index (χ3v) is 6.02. The lowest BCUT2D eigenvalue weighted by Crippen LogP contribution is -2.26. The minimum atomic E-state index is -3.17. The first-order valence-corrected chi connectivity index (χ1v) is 14.1. The number of hydrogen-bond acceptors (Lipinski definition) is 10. The van der Waals surface area contributed by atoms with Crippen molar-refractivity contribution < 1.29 is 8.42 Å². The highest BCUT2D eigenvalue weighted by molar-refractivity contribution is 7.88. The van der Waals surface area contributed by atoms with Gasteiger partial charge in [0.15, 0.2) is 0 Å². The molecule has 4 N–H and O–H groups in total. The zero-order valence-corrected chi connectivity index (χ0v) is 22.0. The van der Waals surface area contributed by atoms with Crippen LogP contribution in [0, 0.1) is 0 Å². The van der Waals surface area contributed by atoms with Crippen LogP contribution in [0.15, 0.2) is 0 Å². The van der Waals surface area contributed by atoms with E-state index in [4.69, 9.17) is 0 Å². The van der Waals surface area contributed by atoms with Crippen molar-refractivity contribution in [1.82, 2.24) is 29.5 Å². The minimum absolute atomic E-state index is 0.365. The van der Waals surface area contributed by atoms with Crippen LogP contribution >= 0.6 is 0 Å². The summed E-state index contributed by atoms with van der Waals surface area (Å²) in [4.78, 5) is 18.2. The zero-order valence-electron chi connectivity index (χ0n) is 21.2. The van der Waals surface area contributed by atoms with E-state index in [-0.39, 0.29) is 0 Å². The summed E-state index contributed by atoms with van der Waals surface area (Å²) in [6, 6.07) is 0. The molecule has 0 aliphatic rings. The number of sulfonamides is 1. The van der Waals surface area contributed by atoms with Gasteiger partial charge in [-0.3, -0.25) is 0 Å². The molecule has 192 valence electrons. The van der Waals surface area contributed by atoms with Crippen LogP contribution in [0.3, 0.4) is 0 Å². The van der Waals surface area contributed by atoms with Crippen LogP contribution in [-0.4, -0.2) is 105 Å². The first-order valence-electron chi connectivity index (χ1n) is 12.2. The Morgan fingerprint density at radius 3 is 1.33 bits per heavy atom. The molecule has 0 radical (unpaired) electrons. The molecule has 12 heteroatoms. The van der Waals surface area contributed by atoms with Crippen molar-refractivity contribution in [3.8, 4) is 0 Å². The lowest BCUT2D eigenvalue weighted by atomic mass is 10.3. The molecule has 0 saturated carbocycles. The van der Waals surface area contributed by atoms with Crippen molar-refractivity contribution >= 4 is 27.9 Å². The van der Waals surface area contributed by atoms with Crippen LogP contribution < -0.4 is 20.7 Å². The Morgan fingerprint density at radius 2 is 1.00 bits per heavy atom. The van der Waals surface area contributed by atoms with E-state index in [1.807, 2.05) is 0 Å². The van der Waals surface area contributed by atoms with E-state index in [1.165, 1.54) is 0 Å². The van der Waals surface area contributed by atoms with Crippen molar-refractivity contribution in [1.29, 1.82) is 0 Å². The predicted molar refractivity (Wildman–Crippen MR) is 138 cm³/mol. The topological polar surface area (TPSA) is 127 Å². The van der Waals surface area contributed by atoms with E-state index in [9.17, 15) is 8.42 Å². The SMILES string of the molecule is CCN(CC)CCCNc1nc(NCCCNS(C)(=O)=O)nc(NCCCN(CC)CC)n1. The van der Waals surface area contributed by atoms with Crippen LogP contribution in [0.2, 0.25) is 0 Å². The van der Waals surface area contributed by atoms with Crippen molar-refractivity contribution in [2.24, 2.45) is 0 Å². The summed E-state index contributed by atoms with van der Waals surface area (Å²) in [5, 5.41) is 9.79. The summed E-state index contributed by atoms with van der Waals surface area (Å²) in [6.07, 6.45) is 3.78. The molecule has 0 saturated heterocycles. The molecule has 1 aromatic rings. The van der Waals surface area contributed by atoms with Crippen molar-refractivity contribution in [2.45, 2.75) is 47.0 Å². The molecule has 1 aromatic heterocycles. The number of aromatic nitrogens is 3. The number of anilines is 3. The van der Waals surface area contributed by atoms with Gasteiger partial charge in [0.1, 0.15) is 0 Å². The second kappa shape index (κ2) is 16.8. The second-order valence-electron chi connectivity index (χ2n) is 7.87. The minimum Gasteiger partial charge on any atom is -0.354 e. The fourth-order valence-corrected chi connectivity index (χ4v) is 3.76. The average Bonchev–Trinajstić information content (AvgIpc) is 2.78. The molecule has 0 unspecified atom stereocenters. The standard InChI is InChI=1S/C21H45N9O2S/c1-6-29(7-2)17-11-14-23-20-26-19(22-13-10-16-25-33(5,31)32)27-21(28-20)24-15-12-18-30(8-3)9-4/h25H,6-18H2,1-5H3,(H3,22,23,24,26,27,28). The third-order valence-electron chi connectivity index (χ3n) is 5.29. The molecule has 0 aliphatic heterocycles. The number of nitrogens with zero attached hydrogens (tertiary/aromatic N) is 5. The summed E-state index contributed by atoms with van der Waals surface area (Å²) in [6.45, 7) is 17.4. The molecule has 33 heavy (non-hydrogen) atoms. The van der Waals surface area contributed by atoms with Gasteiger partial charge < -0.3 is 25.8 Å². The Balaban J connectivity index is 2.64. The maximum atomic E-state index is 11.2. The molecular formula is C21H45N9O2S. The highest BCUT2D eigenvalue weighted by atomic mass is 32.2. The maximum absolute atomic E-state index is 11.2. The second-order valence-corrected chi connectivity index (χ2v) is 9.70. The number of rotatable bonds is 20. The smallest absolute Gasteiger partial charge is 0.229 e. The fraction of sp³-hybridized carbons (Fsp3) is 0.857. The van der Waals surface area contributed by atoms with Crippen molar-refractivity contribution in [2.75, 3.05) is 87.7 Å². The Kier molecular flexibility index (Phi) is 14.9. The van der Waals surface area contributed by atoms with Crippen LogP contribution in [0.25, 0.3) is 0 Å². The summed E-state index contributed by atoms with van der Waals surface area (Å²) in [7, 11) is -3.17. The van der Waals surface area contributed by atoms with Crippen LogP contribution in [0.4, 0.5) is 17.8 Å². The normalized spacial score (nSPS) is 11.8. The van der Waals surface area contributed by atoms with Gasteiger partial charge in [-0.15, -0.1) is 0 Å². The molecule has 0 spiro atoms. The Bertz CT molecular complexity index is 703. The third kappa shape index (κ3) is 14.2. The Labute approximate surface area is 200 Å². The summed E-state index contributed by atoms with van der Waals surface area (Å²) >= 11 is 0. The van der Waals surface area contributed by atoms with Gasteiger partial charge in [-0.25, -0.2) is 13.1 Å². The molecule has 0 bridgehead atoms. The fourth-order valence-electron chi connectivity index (χ4n) is 3.24. The number of hydrogen-bond donors (Lipinski definition) is 4. The van der Waals surface area contributed by atoms with Gasteiger partial charge in [0.25, 0.3) is 0 Å². The predicted octanol–water partition coefficient (Wildman–Crippen LogP) is 1.51. The maximum Gasteiger partial charge on any atom is 0.229 e.